The van der Waals surface area contributed by atoms with Crippen LogP contribution in [0.15, 0.2) is 0 Å². The van der Waals surface area contributed by atoms with Gasteiger partial charge in [0.15, 0.2) is 0 Å². The number of hydrogen-bond donors (Lipinski definition) is 2. The van der Waals surface area contributed by atoms with Crippen LogP contribution in [0.4, 0.5) is 0 Å². The van der Waals surface area contributed by atoms with E-state index in [1.54, 1.807) is 0 Å². The average Bonchev–Trinajstić information content (AvgIpc) is 2.28. The number of carbonyl (C=O) groups excluding carboxylic acids is 1. The first-order valence-electron chi connectivity index (χ1n) is 6.27. The molecule has 1 aliphatic carbocycles. The molecular weight excluding hydrogens is 202 g/mol. The first-order chi connectivity index (χ1) is 7.56. The molecule has 0 saturated heterocycles. The molecular formula is C12H25N3O. The molecule has 1 rings (SSSR count). The Balaban J connectivity index is 2.59. The zero-order chi connectivity index (χ0) is 12.1. The fraction of sp³-hybridized carbons (Fsp3) is 0.917. The third-order valence-corrected chi connectivity index (χ3v) is 3.60. The van der Waals surface area contributed by atoms with Crippen LogP contribution in [0.1, 0.15) is 39.5 Å². The van der Waals surface area contributed by atoms with Crippen molar-refractivity contribution in [1.29, 1.82) is 0 Å². The number of nitrogens with two attached hydrogens (primary N) is 1. The second-order valence-electron chi connectivity index (χ2n) is 4.99. The van der Waals surface area contributed by atoms with E-state index < -0.39 is 0 Å². The van der Waals surface area contributed by atoms with Crippen molar-refractivity contribution < 1.29 is 4.79 Å². The van der Waals surface area contributed by atoms with Gasteiger partial charge in [-0.1, -0.05) is 12.8 Å². The van der Waals surface area contributed by atoms with Gasteiger partial charge in [-0.25, -0.2) is 0 Å². The molecule has 4 heteroatoms. The molecule has 3 N–H and O–H groups in total. The average molecular weight is 227 g/mol. The molecule has 0 aromatic rings. The van der Waals surface area contributed by atoms with Crippen molar-refractivity contribution in [1.82, 2.24) is 10.2 Å². The van der Waals surface area contributed by atoms with E-state index >= 15 is 0 Å². The summed E-state index contributed by atoms with van der Waals surface area (Å²) in [6, 6.07) is 1.25. The lowest BCUT2D eigenvalue weighted by molar-refractivity contribution is -0.121. The summed E-state index contributed by atoms with van der Waals surface area (Å²) in [5.41, 5.74) is 5.34. The summed E-state index contributed by atoms with van der Waals surface area (Å²) in [6.07, 6.45) is 4.71. The highest BCUT2D eigenvalue weighted by molar-refractivity contribution is 5.78. The Hall–Kier alpha value is -0.610. The van der Waals surface area contributed by atoms with Crippen LogP contribution in [-0.4, -0.2) is 42.5 Å². The van der Waals surface area contributed by atoms with Gasteiger partial charge in [-0.2, -0.15) is 0 Å². The van der Waals surface area contributed by atoms with E-state index in [2.05, 4.69) is 31.1 Å². The van der Waals surface area contributed by atoms with Gasteiger partial charge in [0.2, 0.25) is 5.91 Å². The van der Waals surface area contributed by atoms with Crippen LogP contribution in [0.3, 0.4) is 0 Å². The molecule has 0 aromatic carbocycles. The molecule has 1 saturated carbocycles. The number of nitrogens with one attached hydrogen (secondary N) is 1. The lowest BCUT2D eigenvalue weighted by Gasteiger charge is -2.40. The summed E-state index contributed by atoms with van der Waals surface area (Å²) in [7, 11) is 2.14. The van der Waals surface area contributed by atoms with Crippen LogP contribution >= 0.6 is 0 Å². The Morgan fingerprint density at radius 3 is 2.62 bits per heavy atom. The largest absolute Gasteiger partial charge is 0.351 e. The van der Waals surface area contributed by atoms with Crippen LogP contribution in [0.25, 0.3) is 0 Å². The standard InChI is InChI=1S/C12H25N3O/c1-9(2)15(3)11-7-5-4-6-10(11)14-12(16)8-13/h9-11H,4-8,13H2,1-3H3,(H,14,16)/t10-,11-/m0/s1. The molecule has 1 fully saturated rings. The lowest BCUT2D eigenvalue weighted by Crippen LogP contribution is -2.54. The summed E-state index contributed by atoms with van der Waals surface area (Å²) in [4.78, 5) is 13.7. The quantitative estimate of drug-likeness (QED) is 0.744. The van der Waals surface area contributed by atoms with Gasteiger partial charge in [-0.15, -0.1) is 0 Å². The van der Waals surface area contributed by atoms with Gasteiger partial charge < -0.3 is 11.1 Å². The van der Waals surface area contributed by atoms with E-state index in [4.69, 9.17) is 5.73 Å². The molecule has 1 aliphatic rings. The number of nitrogens with zero attached hydrogens (tertiary/aromatic N) is 1. The second kappa shape index (κ2) is 6.21. The van der Waals surface area contributed by atoms with Crippen LogP contribution in [0.5, 0.6) is 0 Å². The zero-order valence-corrected chi connectivity index (χ0v) is 10.7. The first-order valence-corrected chi connectivity index (χ1v) is 6.27. The van der Waals surface area contributed by atoms with E-state index in [0.717, 1.165) is 6.42 Å². The fourth-order valence-electron chi connectivity index (χ4n) is 2.42. The lowest BCUT2D eigenvalue weighted by atomic mass is 9.88. The highest BCUT2D eigenvalue weighted by atomic mass is 16.1. The zero-order valence-electron chi connectivity index (χ0n) is 10.7. The van der Waals surface area contributed by atoms with Crippen molar-refractivity contribution in [3.8, 4) is 0 Å². The first kappa shape index (κ1) is 13.5. The molecule has 2 atom stereocenters. The van der Waals surface area contributed by atoms with Crippen LogP contribution < -0.4 is 11.1 Å². The second-order valence-corrected chi connectivity index (χ2v) is 4.99. The molecule has 0 bridgehead atoms. The topological polar surface area (TPSA) is 58.4 Å². The molecule has 0 heterocycles. The summed E-state index contributed by atoms with van der Waals surface area (Å²) in [6.45, 7) is 4.47. The number of amides is 1. The number of hydrogen-bond acceptors (Lipinski definition) is 3. The predicted octanol–water partition coefficient (Wildman–Crippen LogP) is 0.713. The van der Waals surface area contributed by atoms with Gasteiger partial charge in [0.1, 0.15) is 0 Å². The van der Waals surface area contributed by atoms with Crippen molar-refractivity contribution in [3.05, 3.63) is 0 Å². The molecule has 94 valence electrons. The van der Waals surface area contributed by atoms with Crippen molar-refractivity contribution in [3.63, 3.8) is 0 Å². The van der Waals surface area contributed by atoms with Crippen molar-refractivity contribution >= 4 is 5.91 Å². The van der Waals surface area contributed by atoms with Crippen molar-refractivity contribution in [2.75, 3.05) is 13.6 Å². The van der Waals surface area contributed by atoms with Crippen LogP contribution in [0, 0.1) is 0 Å². The Morgan fingerprint density at radius 2 is 2.06 bits per heavy atom. The minimum Gasteiger partial charge on any atom is -0.351 e. The van der Waals surface area contributed by atoms with E-state index in [1.807, 2.05) is 0 Å². The Morgan fingerprint density at radius 1 is 1.44 bits per heavy atom. The molecule has 16 heavy (non-hydrogen) atoms. The summed E-state index contributed by atoms with van der Waals surface area (Å²) in [5.74, 6) is -0.0333. The minimum absolute atomic E-state index is 0.0333. The monoisotopic (exact) mass is 227 g/mol. The van der Waals surface area contributed by atoms with Gasteiger partial charge in [0, 0.05) is 18.1 Å². The number of rotatable bonds is 4. The van der Waals surface area contributed by atoms with Crippen molar-refractivity contribution in [2.45, 2.75) is 57.7 Å². The normalized spacial score (nSPS) is 26.1. The van der Waals surface area contributed by atoms with Gasteiger partial charge in [0.05, 0.1) is 6.54 Å². The van der Waals surface area contributed by atoms with Crippen LogP contribution in [-0.2, 0) is 4.79 Å². The van der Waals surface area contributed by atoms with E-state index in [0.29, 0.717) is 12.1 Å². The Bertz CT molecular complexity index is 230. The minimum atomic E-state index is -0.0333. The third-order valence-electron chi connectivity index (χ3n) is 3.60. The van der Waals surface area contributed by atoms with E-state index in [1.165, 1.54) is 19.3 Å². The predicted molar refractivity (Wildman–Crippen MR) is 66.1 cm³/mol. The van der Waals surface area contributed by atoms with Gasteiger partial charge >= 0.3 is 0 Å². The molecule has 4 nitrogen and oxygen atoms in total. The Labute approximate surface area is 98.6 Å². The maximum absolute atomic E-state index is 11.4. The molecule has 1 amide bonds. The van der Waals surface area contributed by atoms with E-state index in [9.17, 15) is 4.79 Å². The Kier molecular flexibility index (Phi) is 5.22. The maximum atomic E-state index is 11.4. The van der Waals surface area contributed by atoms with Gasteiger partial charge in [-0.05, 0) is 33.7 Å². The summed E-state index contributed by atoms with van der Waals surface area (Å²) < 4.78 is 0. The SMILES string of the molecule is CC(C)N(C)[C@H]1CCCC[C@@H]1NC(=O)CN. The maximum Gasteiger partial charge on any atom is 0.234 e. The molecule has 0 aromatic heterocycles. The highest BCUT2D eigenvalue weighted by Crippen LogP contribution is 2.23. The summed E-state index contributed by atoms with van der Waals surface area (Å²) >= 11 is 0. The van der Waals surface area contributed by atoms with Crippen LogP contribution in [0.2, 0.25) is 0 Å². The molecule has 0 spiro atoms. The summed E-state index contributed by atoms with van der Waals surface area (Å²) in [5, 5.41) is 3.05. The number of carbonyl (C=O) groups is 1. The van der Waals surface area contributed by atoms with Gasteiger partial charge in [-0.3, -0.25) is 9.69 Å². The molecule has 0 aliphatic heterocycles. The molecule has 0 radical (unpaired) electrons. The highest BCUT2D eigenvalue weighted by Gasteiger charge is 2.30. The third kappa shape index (κ3) is 3.46. The van der Waals surface area contributed by atoms with Crippen molar-refractivity contribution in [2.24, 2.45) is 5.73 Å². The fourth-order valence-corrected chi connectivity index (χ4v) is 2.42. The van der Waals surface area contributed by atoms with Gasteiger partial charge in [0.25, 0.3) is 0 Å². The van der Waals surface area contributed by atoms with E-state index in [-0.39, 0.29) is 18.5 Å². The smallest absolute Gasteiger partial charge is 0.234 e. The molecule has 0 unspecified atom stereocenters. The number of likely N-dealkylation sites (N-methyl/N-ethyl adjacent to an activating group) is 1.